The summed E-state index contributed by atoms with van der Waals surface area (Å²) in [5.74, 6) is 0.747. The van der Waals surface area contributed by atoms with Crippen molar-refractivity contribution >= 4 is 0 Å². The van der Waals surface area contributed by atoms with Crippen LogP contribution in [0.2, 0.25) is 0 Å². The highest BCUT2D eigenvalue weighted by Gasteiger charge is 2.09. The minimum absolute atomic E-state index is 0.157. The number of rotatable bonds is 4. The van der Waals surface area contributed by atoms with Gasteiger partial charge in [0.15, 0.2) is 0 Å². The number of hydrogen-bond acceptors (Lipinski definition) is 4. The minimum atomic E-state index is -0.298. The summed E-state index contributed by atoms with van der Waals surface area (Å²) in [6.07, 6.45) is 1.57. The third-order valence-electron chi connectivity index (χ3n) is 2.68. The Morgan fingerprint density at radius 3 is 2.94 bits per heavy atom. The molecule has 1 heterocycles. The van der Waals surface area contributed by atoms with Gasteiger partial charge < -0.3 is 10.5 Å². The highest BCUT2D eigenvalue weighted by Crippen LogP contribution is 2.18. The van der Waals surface area contributed by atoms with Crippen molar-refractivity contribution in [2.75, 3.05) is 7.11 Å². The van der Waals surface area contributed by atoms with Crippen molar-refractivity contribution in [1.82, 2.24) is 9.78 Å². The predicted molar refractivity (Wildman–Crippen MR) is 68.4 cm³/mol. The zero-order chi connectivity index (χ0) is 13.0. The predicted octanol–water partition coefficient (Wildman–Crippen LogP) is 0.952. The molecule has 0 spiro atoms. The molecule has 2 rings (SSSR count). The quantitative estimate of drug-likeness (QED) is 0.870. The molecule has 94 valence electrons. The van der Waals surface area contributed by atoms with E-state index in [0.29, 0.717) is 6.54 Å². The molecule has 5 heteroatoms. The van der Waals surface area contributed by atoms with Gasteiger partial charge in [-0.2, -0.15) is 5.10 Å². The summed E-state index contributed by atoms with van der Waals surface area (Å²) in [4.78, 5) is 11.5. The molecule has 0 aliphatic heterocycles. The molecule has 5 nitrogen and oxygen atoms in total. The van der Waals surface area contributed by atoms with Gasteiger partial charge >= 0.3 is 0 Å². The van der Waals surface area contributed by atoms with E-state index >= 15 is 0 Å². The molecule has 0 saturated heterocycles. The SMILES string of the molecule is COc1cccc(C(N)Cn2ncccc2=O)c1. The molecular formula is C13H15N3O2. The smallest absolute Gasteiger partial charge is 0.266 e. The van der Waals surface area contributed by atoms with Crippen molar-refractivity contribution in [3.05, 3.63) is 58.5 Å². The Balaban J connectivity index is 2.19. The summed E-state index contributed by atoms with van der Waals surface area (Å²) < 4.78 is 6.49. The van der Waals surface area contributed by atoms with Crippen molar-refractivity contribution in [2.24, 2.45) is 5.73 Å². The fraction of sp³-hybridized carbons (Fsp3) is 0.231. The average molecular weight is 245 g/mol. The summed E-state index contributed by atoms with van der Waals surface area (Å²) in [5, 5.41) is 3.98. The molecule has 2 aromatic rings. The fourth-order valence-corrected chi connectivity index (χ4v) is 1.69. The van der Waals surface area contributed by atoms with E-state index in [4.69, 9.17) is 10.5 Å². The highest BCUT2D eigenvalue weighted by molar-refractivity contribution is 5.30. The van der Waals surface area contributed by atoms with Crippen molar-refractivity contribution in [3.63, 3.8) is 0 Å². The molecule has 0 bridgehead atoms. The Kier molecular flexibility index (Phi) is 3.74. The topological polar surface area (TPSA) is 70.1 Å². The van der Waals surface area contributed by atoms with Gasteiger partial charge in [-0.15, -0.1) is 0 Å². The second-order valence-electron chi connectivity index (χ2n) is 3.93. The molecule has 1 unspecified atom stereocenters. The molecule has 1 aromatic carbocycles. The Bertz CT molecular complexity index is 580. The molecule has 1 atom stereocenters. The van der Waals surface area contributed by atoms with Crippen LogP contribution in [0.25, 0.3) is 0 Å². The van der Waals surface area contributed by atoms with Crippen molar-refractivity contribution in [2.45, 2.75) is 12.6 Å². The van der Waals surface area contributed by atoms with E-state index in [-0.39, 0.29) is 11.6 Å². The van der Waals surface area contributed by atoms with Crippen molar-refractivity contribution < 1.29 is 4.74 Å². The summed E-state index contributed by atoms with van der Waals surface area (Å²) in [5.41, 5.74) is 6.82. The van der Waals surface area contributed by atoms with Crippen LogP contribution in [0, 0.1) is 0 Å². The van der Waals surface area contributed by atoms with Gasteiger partial charge in [0, 0.05) is 18.3 Å². The summed E-state index contributed by atoms with van der Waals surface area (Å²) in [6.45, 7) is 0.340. The molecule has 18 heavy (non-hydrogen) atoms. The third-order valence-corrected chi connectivity index (χ3v) is 2.68. The lowest BCUT2D eigenvalue weighted by atomic mass is 10.1. The van der Waals surface area contributed by atoms with Gasteiger partial charge in [0.25, 0.3) is 5.56 Å². The first kappa shape index (κ1) is 12.3. The zero-order valence-electron chi connectivity index (χ0n) is 10.1. The second-order valence-corrected chi connectivity index (χ2v) is 3.93. The lowest BCUT2D eigenvalue weighted by Crippen LogP contribution is -2.27. The van der Waals surface area contributed by atoms with Crippen molar-refractivity contribution in [3.8, 4) is 5.75 Å². The Hall–Kier alpha value is -2.14. The van der Waals surface area contributed by atoms with Crippen molar-refractivity contribution in [1.29, 1.82) is 0 Å². The number of benzene rings is 1. The largest absolute Gasteiger partial charge is 0.497 e. The number of ether oxygens (including phenoxy) is 1. The number of aromatic nitrogens is 2. The van der Waals surface area contributed by atoms with Gasteiger partial charge in [0.05, 0.1) is 13.7 Å². The van der Waals surface area contributed by atoms with E-state index < -0.39 is 0 Å². The Labute approximate surface area is 105 Å². The number of nitrogens with two attached hydrogens (primary N) is 1. The maximum absolute atomic E-state index is 11.5. The number of hydrogen-bond donors (Lipinski definition) is 1. The fourth-order valence-electron chi connectivity index (χ4n) is 1.69. The monoisotopic (exact) mass is 245 g/mol. The van der Waals surface area contributed by atoms with Gasteiger partial charge in [-0.05, 0) is 23.8 Å². The zero-order valence-corrected chi connectivity index (χ0v) is 10.1. The lowest BCUT2D eigenvalue weighted by molar-refractivity contribution is 0.413. The van der Waals surface area contributed by atoms with Crippen LogP contribution < -0.4 is 16.0 Å². The molecule has 0 fully saturated rings. The van der Waals surface area contributed by atoms with Gasteiger partial charge in [-0.3, -0.25) is 4.79 Å². The van der Waals surface area contributed by atoms with E-state index in [1.165, 1.54) is 10.7 Å². The second kappa shape index (κ2) is 5.46. The first-order valence-corrected chi connectivity index (χ1v) is 5.62. The maximum Gasteiger partial charge on any atom is 0.266 e. The Morgan fingerprint density at radius 1 is 1.39 bits per heavy atom. The first-order chi connectivity index (χ1) is 8.70. The van der Waals surface area contributed by atoms with Gasteiger partial charge in [0.1, 0.15) is 5.75 Å². The molecule has 0 amide bonds. The number of methoxy groups -OCH3 is 1. The van der Waals surface area contributed by atoms with Gasteiger partial charge in [0.2, 0.25) is 0 Å². The van der Waals surface area contributed by atoms with Crippen LogP contribution in [0.1, 0.15) is 11.6 Å². The van der Waals surface area contributed by atoms with E-state index in [9.17, 15) is 4.79 Å². The van der Waals surface area contributed by atoms with Gasteiger partial charge in [-0.25, -0.2) is 4.68 Å². The van der Waals surface area contributed by atoms with E-state index in [0.717, 1.165) is 11.3 Å². The highest BCUT2D eigenvalue weighted by atomic mass is 16.5. The molecule has 0 saturated carbocycles. The van der Waals surface area contributed by atoms with Crippen LogP contribution in [-0.2, 0) is 6.54 Å². The van der Waals surface area contributed by atoms with Crippen LogP contribution in [0.3, 0.4) is 0 Å². The molecule has 0 aliphatic carbocycles. The van der Waals surface area contributed by atoms with Crippen LogP contribution in [0.5, 0.6) is 5.75 Å². The van der Waals surface area contributed by atoms with Crippen LogP contribution in [0.15, 0.2) is 47.4 Å². The molecule has 1 aromatic heterocycles. The normalized spacial score (nSPS) is 12.1. The average Bonchev–Trinajstić information content (AvgIpc) is 2.41. The summed E-state index contributed by atoms with van der Waals surface area (Å²) in [7, 11) is 1.61. The first-order valence-electron chi connectivity index (χ1n) is 5.62. The van der Waals surface area contributed by atoms with Gasteiger partial charge in [-0.1, -0.05) is 12.1 Å². The maximum atomic E-state index is 11.5. The van der Waals surface area contributed by atoms with Crippen LogP contribution >= 0.6 is 0 Å². The molecule has 0 aliphatic rings. The molecule has 0 radical (unpaired) electrons. The van der Waals surface area contributed by atoms with E-state index in [1.807, 2.05) is 24.3 Å². The summed E-state index contributed by atoms with van der Waals surface area (Å²) >= 11 is 0. The van der Waals surface area contributed by atoms with E-state index in [1.54, 1.807) is 19.4 Å². The van der Waals surface area contributed by atoms with Crippen LogP contribution in [-0.4, -0.2) is 16.9 Å². The lowest BCUT2D eigenvalue weighted by Gasteiger charge is -2.13. The van der Waals surface area contributed by atoms with Crippen LogP contribution in [0.4, 0.5) is 0 Å². The molecular weight excluding hydrogens is 230 g/mol. The number of nitrogens with zero attached hydrogens (tertiary/aromatic N) is 2. The molecule has 2 N–H and O–H groups in total. The Morgan fingerprint density at radius 2 is 2.22 bits per heavy atom. The minimum Gasteiger partial charge on any atom is -0.497 e. The van der Waals surface area contributed by atoms with E-state index in [2.05, 4.69) is 5.10 Å². The third kappa shape index (κ3) is 2.75. The standard InChI is InChI=1S/C13H15N3O2/c1-18-11-5-2-4-10(8-11)12(14)9-16-13(17)6-3-7-15-16/h2-8,12H,9,14H2,1H3. The summed E-state index contributed by atoms with van der Waals surface area (Å²) in [6, 6.07) is 10.3.